The first-order valence-corrected chi connectivity index (χ1v) is 6.52. The Bertz CT molecular complexity index is 526. The zero-order chi connectivity index (χ0) is 13.7. The summed E-state index contributed by atoms with van der Waals surface area (Å²) >= 11 is 0. The highest BCUT2D eigenvalue weighted by atomic mass is 19.1. The number of nitrogens with one attached hydrogen (secondary N) is 1. The molecule has 2 nitrogen and oxygen atoms in total. The zero-order valence-corrected chi connectivity index (χ0v) is 11.4. The fourth-order valence-corrected chi connectivity index (χ4v) is 2.25. The molecular weight excluding hydrogens is 239 g/mol. The summed E-state index contributed by atoms with van der Waals surface area (Å²) in [6.45, 7) is 3.39. The van der Waals surface area contributed by atoms with Crippen molar-refractivity contribution in [3.05, 3.63) is 59.9 Å². The minimum Gasteiger partial charge on any atom is -0.341 e. The number of hydrogen-bond acceptors (Lipinski definition) is 2. The van der Waals surface area contributed by atoms with Crippen molar-refractivity contribution in [1.29, 1.82) is 0 Å². The molecule has 0 amide bonds. The number of hydrogen-bond donors (Lipinski definition) is 1. The van der Waals surface area contributed by atoms with Gasteiger partial charge in [0.15, 0.2) is 0 Å². The monoisotopic (exact) mass is 258 g/mol. The van der Waals surface area contributed by atoms with Gasteiger partial charge in [-0.25, -0.2) is 4.39 Å². The van der Waals surface area contributed by atoms with E-state index in [-0.39, 0.29) is 5.82 Å². The first-order valence-electron chi connectivity index (χ1n) is 6.52. The van der Waals surface area contributed by atoms with Crippen LogP contribution in [0.15, 0.2) is 48.5 Å². The van der Waals surface area contributed by atoms with E-state index in [0.29, 0.717) is 12.1 Å². The van der Waals surface area contributed by atoms with Gasteiger partial charge in [-0.15, -0.1) is 0 Å². The van der Waals surface area contributed by atoms with Gasteiger partial charge in [-0.05, 0) is 38.2 Å². The highest BCUT2D eigenvalue weighted by Gasteiger charge is 2.14. The quantitative estimate of drug-likeness (QED) is 0.879. The average Bonchev–Trinajstić information content (AvgIpc) is 2.44. The van der Waals surface area contributed by atoms with Crippen molar-refractivity contribution in [1.82, 2.24) is 5.32 Å². The van der Waals surface area contributed by atoms with E-state index in [1.54, 1.807) is 6.07 Å². The topological polar surface area (TPSA) is 15.3 Å². The van der Waals surface area contributed by atoms with E-state index >= 15 is 0 Å². The van der Waals surface area contributed by atoms with Gasteiger partial charge in [-0.3, -0.25) is 0 Å². The molecule has 0 aliphatic carbocycles. The first kappa shape index (κ1) is 13.6. The van der Waals surface area contributed by atoms with Crippen LogP contribution in [-0.2, 0) is 6.54 Å². The molecule has 19 heavy (non-hydrogen) atoms. The van der Waals surface area contributed by atoms with Crippen LogP contribution in [0.25, 0.3) is 0 Å². The third-order valence-electron chi connectivity index (χ3n) is 3.12. The summed E-state index contributed by atoms with van der Waals surface area (Å²) < 4.78 is 14.0. The van der Waals surface area contributed by atoms with Crippen molar-refractivity contribution in [2.45, 2.75) is 13.5 Å². The average molecular weight is 258 g/mol. The maximum Gasteiger partial charge on any atom is 0.129 e. The predicted octanol–water partition coefficient (Wildman–Crippen LogP) is 3.70. The third-order valence-corrected chi connectivity index (χ3v) is 3.12. The summed E-state index contributed by atoms with van der Waals surface area (Å²) in [5, 5.41) is 3.03. The Morgan fingerprint density at radius 1 is 1.05 bits per heavy atom. The van der Waals surface area contributed by atoms with Crippen molar-refractivity contribution >= 4 is 11.4 Å². The number of halogens is 1. The van der Waals surface area contributed by atoms with E-state index in [2.05, 4.69) is 17.1 Å². The Hall–Kier alpha value is -1.87. The molecule has 3 heteroatoms. The molecule has 0 atom stereocenters. The van der Waals surface area contributed by atoms with Gasteiger partial charge in [0.2, 0.25) is 0 Å². The van der Waals surface area contributed by atoms with E-state index in [1.807, 2.05) is 43.4 Å². The maximum absolute atomic E-state index is 14.0. The highest BCUT2D eigenvalue weighted by Crippen LogP contribution is 2.29. The van der Waals surface area contributed by atoms with Crippen LogP contribution in [0.3, 0.4) is 0 Å². The molecule has 0 fully saturated rings. The standard InChI is InChI=1S/C16H19FN2/c1-3-19(13-8-5-4-6-9-13)16-11-7-10-15(17)14(16)12-18-2/h4-11,18H,3,12H2,1-2H3. The number of benzene rings is 2. The number of para-hydroxylation sites is 1. The molecule has 0 aliphatic rings. The highest BCUT2D eigenvalue weighted by molar-refractivity contribution is 5.66. The van der Waals surface area contributed by atoms with Gasteiger partial charge in [-0.1, -0.05) is 24.3 Å². The van der Waals surface area contributed by atoms with Crippen LogP contribution < -0.4 is 10.2 Å². The second kappa shape index (κ2) is 6.34. The van der Waals surface area contributed by atoms with Gasteiger partial charge >= 0.3 is 0 Å². The lowest BCUT2D eigenvalue weighted by Gasteiger charge is -2.26. The van der Waals surface area contributed by atoms with Crippen molar-refractivity contribution in [3.63, 3.8) is 0 Å². The summed E-state index contributed by atoms with van der Waals surface area (Å²) in [5.74, 6) is -0.166. The van der Waals surface area contributed by atoms with E-state index in [1.165, 1.54) is 6.07 Å². The Morgan fingerprint density at radius 3 is 2.42 bits per heavy atom. The fourth-order valence-electron chi connectivity index (χ4n) is 2.25. The van der Waals surface area contributed by atoms with Gasteiger partial charge < -0.3 is 10.2 Å². The van der Waals surface area contributed by atoms with Crippen LogP contribution in [0.1, 0.15) is 12.5 Å². The molecule has 0 saturated carbocycles. The van der Waals surface area contributed by atoms with Crippen LogP contribution in [0.5, 0.6) is 0 Å². The molecule has 0 aromatic heterocycles. The molecule has 0 bridgehead atoms. The van der Waals surface area contributed by atoms with Gasteiger partial charge in [0, 0.05) is 30.0 Å². The van der Waals surface area contributed by atoms with Gasteiger partial charge in [0.1, 0.15) is 5.82 Å². The van der Waals surface area contributed by atoms with Crippen LogP contribution in [0.2, 0.25) is 0 Å². The van der Waals surface area contributed by atoms with Crippen LogP contribution in [-0.4, -0.2) is 13.6 Å². The molecule has 0 unspecified atom stereocenters. The molecule has 0 saturated heterocycles. The molecule has 0 heterocycles. The van der Waals surface area contributed by atoms with E-state index in [0.717, 1.165) is 17.9 Å². The molecule has 100 valence electrons. The zero-order valence-electron chi connectivity index (χ0n) is 11.4. The van der Waals surface area contributed by atoms with Gasteiger partial charge in [-0.2, -0.15) is 0 Å². The minimum absolute atomic E-state index is 0.166. The van der Waals surface area contributed by atoms with Crippen LogP contribution in [0.4, 0.5) is 15.8 Å². The van der Waals surface area contributed by atoms with E-state index < -0.39 is 0 Å². The van der Waals surface area contributed by atoms with Crippen molar-refractivity contribution < 1.29 is 4.39 Å². The second-order valence-corrected chi connectivity index (χ2v) is 4.35. The Morgan fingerprint density at radius 2 is 1.79 bits per heavy atom. The van der Waals surface area contributed by atoms with Crippen molar-refractivity contribution in [2.75, 3.05) is 18.5 Å². The lowest BCUT2D eigenvalue weighted by molar-refractivity contribution is 0.600. The molecule has 0 spiro atoms. The molecule has 2 aromatic carbocycles. The first-order chi connectivity index (χ1) is 9.27. The van der Waals surface area contributed by atoms with Gasteiger partial charge in [0.05, 0.1) is 0 Å². The fraction of sp³-hybridized carbons (Fsp3) is 0.250. The Labute approximate surface area is 113 Å². The molecule has 2 aromatic rings. The number of rotatable bonds is 5. The van der Waals surface area contributed by atoms with E-state index in [9.17, 15) is 4.39 Å². The Balaban J connectivity index is 2.47. The normalized spacial score (nSPS) is 10.5. The SMILES string of the molecule is CCN(c1ccccc1)c1cccc(F)c1CNC. The molecule has 1 N–H and O–H groups in total. The molecule has 0 radical (unpaired) electrons. The second-order valence-electron chi connectivity index (χ2n) is 4.35. The lowest BCUT2D eigenvalue weighted by atomic mass is 10.1. The minimum atomic E-state index is -0.166. The summed E-state index contributed by atoms with van der Waals surface area (Å²) in [7, 11) is 1.83. The van der Waals surface area contributed by atoms with E-state index in [4.69, 9.17) is 0 Å². The maximum atomic E-state index is 14.0. The predicted molar refractivity (Wildman–Crippen MR) is 78.3 cm³/mol. The molecule has 0 aliphatic heterocycles. The summed E-state index contributed by atoms with van der Waals surface area (Å²) in [6.07, 6.45) is 0. The largest absolute Gasteiger partial charge is 0.341 e. The third kappa shape index (κ3) is 2.93. The summed E-state index contributed by atoms with van der Waals surface area (Å²) in [5.41, 5.74) is 2.70. The molecular formula is C16H19FN2. The number of anilines is 2. The summed E-state index contributed by atoms with van der Waals surface area (Å²) in [6, 6.07) is 15.3. The smallest absolute Gasteiger partial charge is 0.129 e. The number of nitrogens with zero attached hydrogens (tertiary/aromatic N) is 1. The van der Waals surface area contributed by atoms with Crippen LogP contribution in [0, 0.1) is 5.82 Å². The molecule has 2 rings (SSSR count). The lowest BCUT2D eigenvalue weighted by Crippen LogP contribution is -2.20. The van der Waals surface area contributed by atoms with Gasteiger partial charge in [0.25, 0.3) is 0 Å². The van der Waals surface area contributed by atoms with Crippen molar-refractivity contribution in [3.8, 4) is 0 Å². The summed E-state index contributed by atoms with van der Waals surface area (Å²) in [4.78, 5) is 2.12. The van der Waals surface area contributed by atoms with Crippen molar-refractivity contribution in [2.24, 2.45) is 0 Å². The van der Waals surface area contributed by atoms with Crippen LogP contribution >= 0.6 is 0 Å². The Kier molecular flexibility index (Phi) is 4.53.